The van der Waals surface area contributed by atoms with E-state index in [0.29, 0.717) is 35.5 Å². The predicted octanol–water partition coefficient (Wildman–Crippen LogP) is 4.16. The smallest absolute Gasteiger partial charge is 0.233 e. The van der Waals surface area contributed by atoms with Crippen molar-refractivity contribution in [1.29, 1.82) is 0 Å². The monoisotopic (exact) mass is 453 g/mol. The SMILES string of the molecule is COc1ccc(Nc2nc(NCC3CCCCC3)nc(N3CCN4C=CCC4C3)n2)cc1F. The quantitative estimate of drug-likeness (QED) is 0.647. The summed E-state index contributed by atoms with van der Waals surface area (Å²) in [5, 5.41) is 6.60. The molecular formula is C24H32FN7O. The Hall–Kier alpha value is -3.10. The molecule has 2 N–H and O–H groups in total. The number of hydrogen-bond acceptors (Lipinski definition) is 8. The lowest BCUT2D eigenvalue weighted by Crippen LogP contribution is -2.49. The number of fused-ring (bicyclic) bond motifs is 1. The zero-order valence-electron chi connectivity index (χ0n) is 19.1. The van der Waals surface area contributed by atoms with Gasteiger partial charge in [0.05, 0.1) is 7.11 Å². The number of methoxy groups -OCH3 is 1. The molecule has 9 heteroatoms. The number of piperazine rings is 1. The lowest BCUT2D eigenvalue weighted by molar-refractivity contribution is 0.269. The number of hydrogen-bond donors (Lipinski definition) is 2. The van der Waals surface area contributed by atoms with Crippen molar-refractivity contribution < 1.29 is 9.13 Å². The van der Waals surface area contributed by atoms with E-state index in [4.69, 9.17) is 14.7 Å². The summed E-state index contributed by atoms with van der Waals surface area (Å²) >= 11 is 0. The molecule has 3 heterocycles. The van der Waals surface area contributed by atoms with Crippen LogP contribution in [-0.2, 0) is 0 Å². The van der Waals surface area contributed by atoms with E-state index in [2.05, 4.69) is 37.7 Å². The number of benzene rings is 1. The second-order valence-electron chi connectivity index (χ2n) is 9.10. The van der Waals surface area contributed by atoms with Gasteiger partial charge in [-0.3, -0.25) is 0 Å². The second-order valence-corrected chi connectivity index (χ2v) is 9.10. The van der Waals surface area contributed by atoms with Crippen LogP contribution in [0.15, 0.2) is 30.5 Å². The lowest BCUT2D eigenvalue weighted by atomic mass is 9.89. The highest BCUT2D eigenvalue weighted by Gasteiger charge is 2.29. The van der Waals surface area contributed by atoms with Gasteiger partial charge in [0.25, 0.3) is 0 Å². The zero-order valence-corrected chi connectivity index (χ0v) is 19.1. The maximum absolute atomic E-state index is 14.2. The Balaban J connectivity index is 1.36. The van der Waals surface area contributed by atoms with Gasteiger partial charge in [0, 0.05) is 44.0 Å². The molecule has 2 aromatic rings. The number of rotatable bonds is 7. The molecule has 176 valence electrons. The maximum atomic E-state index is 14.2. The highest BCUT2D eigenvalue weighted by atomic mass is 19.1. The minimum atomic E-state index is -0.433. The predicted molar refractivity (Wildman–Crippen MR) is 128 cm³/mol. The summed E-state index contributed by atoms with van der Waals surface area (Å²) in [4.78, 5) is 18.7. The first-order valence-corrected chi connectivity index (χ1v) is 12.0. The fourth-order valence-electron chi connectivity index (χ4n) is 4.95. The molecule has 1 unspecified atom stereocenters. The number of nitrogens with one attached hydrogen (secondary N) is 2. The molecule has 1 saturated heterocycles. The van der Waals surface area contributed by atoms with Gasteiger partial charge in [0.1, 0.15) is 0 Å². The van der Waals surface area contributed by atoms with Crippen LogP contribution in [0, 0.1) is 11.7 Å². The van der Waals surface area contributed by atoms with Gasteiger partial charge in [-0.15, -0.1) is 0 Å². The Kier molecular flexibility index (Phi) is 6.46. The number of anilines is 4. The molecule has 0 spiro atoms. The summed E-state index contributed by atoms with van der Waals surface area (Å²) in [6.45, 7) is 3.53. The van der Waals surface area contributed by atoms with Gasteiger partial charge in [-0.05, 0) is 43.5 Å². The molecule has 1 atom stereocenters. The highest BCUT2D eigenvalue weighted by Crippen LogP contribution is 2.27. The maximum Gasteiger partial charge on any atom is 0.233 e. The van der Waals surface area contributed by atoms with Crippen molar-refractivity contribution in [2.24, 2.45) is 5.92 Å². The van der Waals surface area contributed by atoms with Crippen LogP contribution in [0.3, 0.4) is 0 Å². The molecule has 33 heavy (non-hydrogen) atoms. The van der Waals surface area contributed by atoms with E-state index in [1.54, 1.807) is 12.1 Å². The molecule has 1 saturated carbocycles. The first-order chi connectivity index (χ1) is 16.2. The Morgan fingerprint density at radius 1 is 1.09 bits per heavy atom. The van der Waals surface area contributed by atoms with Gasteiger partial charge < -0.3 is 25.2 Å². The fourth-order valence-corrected chi connectivity index (χ4v) is 4.95. The average molecular weight is 454 g/mol. The Bertz CT molecular complexity index is 995. The normalized spacial score (nSPS) is 20.6. The molecule has 0 amide bonds. The largest absolute Gasteiger partial charge is 0.494 e. The third-order valence-electron chi connectivity index (χ3n) is 6.82. The second kappa shape index (κ2) is 9.80. The van der Waals surface area contributed by atoms with Crippen LogP contribution < -0.4 is 20.3 Å². The molecule has 1 aromatic carbocycles. The zero-order chi connectivity index (χ0) is 22.6. The molecule has 2 fully saturated rings. The van der Waals surface area contributed by atoms with Crippen molar-refractivity contribution in [3.63, 3.8) is 0 Å². The summed E-state index contributed by atoms with van der Waals surface area (Å²) in [6, 6.07) is 5.19. The molecule has 2 aliphatic heterocycles. The van der Waals surface area contributed by atoms with Gasteiger partial charge in [0.2, 0.25) is 17.8 Å². The molecule has 0 radical (unpaired) electrons. The van der Waals surface area contributed by atoms with Crippen molar-refractivity contribution in [3.8, 4) is 5.75 Å². The van der Waals surface area contributed by atoms with Gasteiger partial charge >= 0.3 is 0 Å². The van der Waals surface area contributed by atoms with Crippen LogP contribution in [-0.4, -0.2) is 59.2 Å². The van der Waals surface area contributed by atoms with E-state index in [1.807, 2.05) is 0 Å². The highest BCUT2D eigenvalue weighted by molar-refractivity contribution is 5.57. The Morgan fingerprint density at radius 2 is 1.94 bits per heavy atom. The van der Waals surface area contributed by atoms with E-state index in [0.717, 1.165) is 32.6 Å². The Morgan fingerprint density at radius 3 is 2.76 bits per heavy atom. The summed E-state index contributed by atoms with van der Waals surface area (Å²) in [5.74, 6) is 2.04. The number of ether oxygens (including phenoxy) is 1. The minimum absolute atomic E-state index is 0.203. The summed E-state index contributed by atoms with van der Waals surface area (Å²) in [7, 11) is 1.45. The van der Waals surface area contributed by atoms with Crippen LogP contribution in [0.5, 0.6) is 5.75 Å². The van der Waals surface area contributed by atoms with E-state index in [-0.39, 0.29) is 5.75 Å². The van der Waals surface area contributed by atoms with Crippen LogP contribution >= 0.6 is 0 Å². The van der Waals surface area contributed by atoms with Crippen molar-refractivity contribution in [2.45, 2.75) is 44.6 Å². The van der Waals surface area contributed by atoms with Crippen LogP contribution in [0.4, 0.5) is 27.9 Å². The minimum Gasteiger partial charge on any atom is -0.494 e. The lowest BCUT2D eigenvalue weighted by Gasteiger charge is -2.38. The average Bonchev–Trinajstić information content (AvgIpc) is 3.31. The summed E-state index contributed by atoms with van der Waals surface area (Å²) in [5.41, 5.74) is 0.563. The molecule has 8 nitrogen and oxygen atoms in total. The van der Waals surface area contributed by atoms with E-state index in [9.17, 15) is 4.39 Å². The summed E-state index contributed by atoms with van der Waals surface area (Å²) < 4.78 is 19.2. The van der Waals surface area contributed by atoms with Crippen molar-refractivity contribution in [1.82, 2.24) is 19.9 Å². The Labute approximate surface area is 194 Å². The fraction of sp³-hybridized carbons (Fsp3) is 0.542. The van der Waals surface area contributed by atoms with E-state index in [1.165, 1.54) is 45.3 Å². The van der Waals surface area contributed by atoms with Gasteiger partial charge in [-0.25, -0.2) is 4.39 Å². The first kappa shape index (κ1) is 21.7. The molecule has 3 aliphatic rings. The topological polar surface area (TPSA) is 78.4 Å². The van der Waals surface area contributed by atoms with Gasteiger partial charge in [-0.2, -0.15) is 15.0 Å². The van der Waals surface area contributed by atoms with Gasteiger partial charge in [0.15, 0.2) is 11.6 Å². The van der Waals surface area contributed by atoms with E-state index < -0.39 is 5.82 Å². The molecule has 1 aliphatic carbocycles. The van der Waals surface area contributed by atoms with Crippen LogP contribution in [0.2, 0.25) is 0 Å². The third-order valence-corrected chi connectivity index (χ3v) is 6.82. The number of halogens is 1. The summed E-state index contributed by atoms with van der Waals surface area (Å²) in [6.07, 6.45) is 11.9. The van der Waals surface area contributed by atoms with Crippen molar-refractivity contribution >= 4 is 23.5 Å². The molecule has 1 aromatic heterocycles. The number of aromatic nitrogens is 3. The number of nitrogens with zero attached hydrogens (tertiary/aromatic N) is 5. The molecular weight excluding hydrogens is 421 g/mol. The van der Waals surface area contributed by atoms with Gasteiger partial charge in [-0.1, -0.05) is 25.3 Å². The first-order valence-electron chi connectivity index (χ1n) is 12.0. The van der Waals surface area contributed by atoms with Crippen LogP contribution in [0.25, 0.3) is 0 Å². The van der Waals surface area contributed by atoms with Crippen molar-refractivity contribution in [3.05, 3.63) is 36.3 Å². The van der Waals surface area contributed by atoms with Crippen molar-refractivity contribution in [2.75, 3.05) is 48.8 Å². The molecule has 5 rings (SSSR count). The standard InChI is InChI=1S/C24H32FN7O/c1-33-21-10-9-18(14-20(21)25)27-23-28-22(26-15-17-6-3-2-4-7-17)29-24(30-23)32-13-12-31-11-5-8-19(31)16-32/h5,9-11,14,17,19H,2-4,6-8,12-13,15-16H2,1H3,(H2,26,27,28,29,30). The third kappa shape index (κ3) is 5.12. The molecule has 0 bridgehead atoms. The van der Waals surface area contributed by atoms with Crippen LogP contribution in [0.1, 0.15) is 38.5 Å². The van der Waals surface area contributed by atoms with E-state index >= 15 is 0 Å².